The summed E-state index contributed by atoms with van der Waals surface area (Å²) in [5.74, 6) is -0.355. The number of benzene rings is 1. The minimum absolute atomic E-state index is 0.147. The SMILES string of the molecule is CC(=O)N[C@H](CC(=O)NCc1ccccn1)c1ccc(Cl)cc1. The van der Waals surface area contributed by atoms with Gasteiger partial charge in [-0.1, -0.05) is 29.8 Å². The van der Waals surface area contributed by atoms with Crippen molar-refractivity contribution >= 4 is 23.4 Å². The van der Waals surface area contributed by atoms with E-state index in [1.54, 1.807) is 30.5 Å². The highest BCUT2D eigenvalue weighted by Gasteiger charge is 2.17. The van der Waals surface area contributed by atoms with Crippen LogP contribution in [0.15, 0.2) is 48.7 Å². The van der Waals surface area contributed by atoms with E-state index in [-0.39, 0.29) is 18.2 Å². The van der Waals surface area contributed by atoms with Gasteiger partial charge in [-0.2, -0.15) is 0 Å². The summed E-state index contributed by atoms with van der Waals surface area (Å²) < 4.78 is 0. The quantitative estimate of drug-likeness (QED) is 0.854. The summed E-state index contributed by atoms with van der Waals surface area (Å²) in [5.41, 5.74) is 1.61. The maximum atomic E-state index is 12.1. The molecule has 2 N–H and O–H groups in total. The second-order valence-electron chi connectivity index (χ2n) is 5.11. The number of pyridine rings is 1. The average molecular weight is 332 g/mol. The first-order valence-corrected chi connectivity index (χ1v) is 7.61. The van der Waals surface area contributed by atoms with Gasteiger partial charge in [-0.15, -0.1) is 0 Å². The zero-order chi connectivity index (χ0) is 16.7. The molecule has 0 unspecified atom stereocenters. The Kier molecular flexibility index (Phi) is 6.11. The topological polar surface area (TPSA) is 71.1 Å². The van der Waals surface area contributed by atoms with Crippen molar-refractivity contribution in [3.05, 3.63) is 64.9 Å². The molecule has 1 aromatic carbocycles. The number of nitrogens with zero attached hydrogens (tertiary/aromatic N) is 1. The lowest BCUT2D eigenvalue weighted by Crippen LogP contribution is -2.32. The Balaban J connectivity index is 1.98. The minimum atomic E-state index is -0.395. The number of aromatic nitrogens is 1. The maximum absolute atomic E-state index is 12.1. The zero-order valence-electron chi connectivity index (χ0n) is 12.8. The standard InChI is InChI=1S/C17H18ClN3O2/c1-12(22)21-16(13-5-7-14(18)8-6-13)10-17(23)20-11-15-4-2-3-9-19-15/h2-9,16H,10-11H2,1H3,(H,20,23)(H,21,22)/t16-/m1/s1. The van der Waals surface area contributed by atoms with Gasteiger partial charge in [0.2, 0.25) is 11.8 Å². The van der Waals surface area contributed by atoms with E-state index in [4.69, 9.17) is 11.6 Å². The molecular formula is C17H18ClN3O2. The first-order chi connectivity index (χ1) is 11.0. The van der Waals surface area contributed by atoms with E-state index in [0.29, 0.717) is 11.6 Å². The number of halogens is 1. The van der Waals surface area contributed by atoms with Crippen molar-refractivity contribution in [2.45, 2.75) is 25.9 Å². The number of nitrogens with one attached hydrogen (secondary N) is 2. The van der Waals surface area contributed by atoms with Crippen molar-refractivity contribution in [1.29, 1.82) is 0 Å². The molecule has 2 rings (SSSR count). The average Bonchev–Trinajstić information content (AvgIpc) is 2.53. The zero-order valence-corrected chi connectivity index (χ0v) is 13.5. The van der Waals surface area contributed by atoms with Gasteiger partial charge in [0.05, 0.1) is 24.7 Å². The van der Waals surface area contributed by atoms with Gasteiger partial charge >= 0.3 is 0 Å². The molecule has 5 nitrogen and oxygen atoms in total. The lowest BCUT2D eigenvalue weighted by molar-refractivity contribution is -0.122. The van der Waals surface area contributed by atoms with Gasteiger partial charge in [-0.25, -0.2) is 0 Å². The molecule has 0 aliphatic heterocycles. The molecule has 2 amide bonds. The van der Waals surface area contributed by atoms with Gasteiger partial charge in [-0.05, 0) is 29.8 Å². The van der Waals surface area contributed by atoms with E-state index < -0.39 is 6.04 Å². The van der Waals surface area contributed by atoms with Crippen molar-refractivity contribution in [3.8, 4) is 0 Å². The normalized spacial score (nSPS) is 11.6. The fourth-order valence-electron chi connectivity index (χ4n) is 2.14. The highest BCUT2D eigenvalue weighted by Crippen LogP contribution is 2.19. The molecule has 1 heterocycles. The summed E-state index contributed by atoms with van der Waals surface area (Å²) in [7, 11) is 0. The van der Waals surface area contributed by atoms with Crippen molar-refractivity contribution in [2.75, 3.05) is 0 Å². The summed E-state index contributed by atoms with van der Waals surface area (Å²) in [6.07, 6.45) is 1.82. The van der Waals surface area contributed by atoms with Crippen LogP contribution in [0.1, 0.15) is 30.6 Å². The fraction of sp³-hybridized carbons (Fsp3) is 0.235. The minimum Gasteiger partial charge on any atom is -0.350 e. The summed E-state index contributed by atoms with van der Waals surface area (Å²) in [4.78, 5) is 27.7. The molecule has 2 aromatic rings. The summed E-state index contributed by atoms with van der Waals surface area (Å²) in [6.45, 7) is 1.78. The second kappa shape index (κ2) is 8.29. The van der Waals surface area contributed by atoms with E-state index in [1.165, 1.54) is 6.92 Å². The molecule has 120 valence electrons. The molecule has 0 aliphatic carbocycles. The van der Waals surface area contributed by atoms with E-state index in [9.17, 15) is 9.59 Å². The Hall–Kier alpha value is -2.40. The molecule has 0 saturated carbocycles. The van der Waals surface area contributed by atoms with Crippen LogP contribution in [0.2, 0.25) is 5.02 Å². The van der Waals surface area contributed by atoms with Crippen LogP contribution in [0.25, 0.3) is 0 Å². The maximum Gasteiger partial charge on any atom is 0.222 e. The van der Waals surface area contributed by atoms with Gasteiger partial charge in [0, 0.05) is 18.1 Å². The Morgan fingerprint density at radius 1 is 1.17 bits per heavy atom. The molecule has 23 heavy (non-hydrogen) atoms. The molecule has 6 heteroatoms. The van der Waals surface area contributed by atoms with Crippen LogP contribution in [-0.4, -0.2) is 16.8 Å². The molecule has 1 aromatic heterocycles. The Morgan fingerprint density at radius 2 is 1.91 bits per heavy atom. The summed E-state index contributed by atoms with van der Waals surface area (Å²) >= 11 is 5.87. The Morgan fingerprint density at radius 3 is 2.52 bits per heavy atom. The molecular weight excluding hydrogens is 314 g/mol. The van der Waals surface area contributed by atoms with Crippen LogP contribution in [0.3, 0.4) is 0 Å². The van der Waals surface area contributed by atoms with Gasteiger partial charge in [-0.3, -0.25) is 14.6 Å². The van der Waals surface area contributed by atoms with Crippen LogP contribution in [0.4, 0.5) is 0 Å². The third-order valence-electron chi connectivity index (χ3n) is 3.23. The van der Waals surface area contributed by atoms with Gasteiger partial charge in [0.15, 0.2) is 0 Å². The number of rotatable bonds is 6. The Bertz CT molecular complexity index is 659. The van der Waals surface area contributed by atoms with Gasteiger partial charge in [0.1, 0.15) is 0 Å². The van der Waals surface area contributed by atoms with E-state index >= 15 is 0 Å². The van der Waals surface area contributed by atoms with Crippen LogP contribution in [0.5, 0.6) is 0 Å². The molecule has 0 saturated heterocycles. The predicted octanol–water partition coefficient (Wildman–Crippen LogP) is 2.62. The molecule has 0 spiro atoms. The lowest BCUT2D eigenvalue weighted by Gasteiger charge is -2.18. The van der Waals surface area contributed by atoms with Crippen molar-refractivity contribution in [1.82, 2.24) is 15.6 Å². The van der Waals surface area contributed by atoms with Gasteiger partial charge < -0.3 is 10.6 Å². The molecule has 0 radical (unpaired) electrons. The third kappa shape index (κ3) is 5.71. The first kappa shape index (κ1) is 17.0. The highest BCUT2D eigenvalue weighted by atomic mass is 35.5. The van der Waals surface area contributed by atoms with Crippen molar-refractivity contribution < 1.29 is 9.59 Å². The number of carbonyl (C=O) groups is 2. The number of amides is 2. The largest absolute Gasteiger partial charge is 0.350 e. The first-order valence-electron chi connectivity index (χ1n) is 7.24. The van der Waals surface area contributed by atoms with Crippen LogP contribution in [-0.2, 0) is 16.1 Å². The van der Waals surface area contributed by atoms with E-state index in [0.717, 1.165) is 11.3 Å². The smallest absolute Gasteiger partial charge is 0.222 e. The second-order valence-corrected chi connectivity index (χ2v) is 5.54. The number of hydrogen-bond acceptors (Lipinski definition) is 3. The monoisotopic (exact) mass is 331 g/mol. The van der Waals surface area contributed by atoms with Crippen LogP contribution in [0, 0.1) is 0 Å². The lowest BCUT2D eigenvalue weighted by atomic mass is 10.0. The van der Waals surface area contributed by atoms with Gasteiger partial charge in [0.25, 0.3) is 0 Å². The Labute approximate surface area is 140 Å². The number of hydrogen-bond donors (Lipinski definition) is 2. The van der Waals surface area contributed by atoms with E-state index in [1.807, 2.05) is 18.2 Å². The van der Waals surface area contributed by atoms with Crippen molar-refractivity contribution in [3.63, 3.8) is 0 Å². The molecule has 0 aliphatic rings. The van der Waals surface area contributed by atoms with E-state index in [2.05, 4.69) is 15.6 Å². The summed E-state index contributed by atoms with van der Waals surface area (Å²) in [5, 5.41) is 6.20. The molecule has 0 fully saturated rings. The van der Waals surface area contributed by atoms with Crippen molar-refractivity contribution in [2.24, 2.45) is 0 Å². The highest BCUT2D eigenvalue weighted by molar-refractivity contribution is 6.30. The summed E-state index contributed by atoms with van der Waals surface area (Å²) in [6, 6.07) is 12.2. The fourth-order valence-corrected chi connectivity index (χ4v) is 2.27. The van der Waals surface area contributed by atoms with Crippen LogP contribution < -0.4 is 10.6 Å². The number of carbonyl (C=O) groups excluding carboxylic acids is 2. The molecule has 1 atom stereocenters. The third-order valence-corrected chi connectivity index (χ3v) is 3.48. The van der Waals surface area contributed by atoms with Crippen LogP contribution >= 0.6 is 11.6 Å². The molecule has 0 bridgehead atoms. The predicted molar refractivity (Wildman–Crippen MR) is 88.7 cm³/mol.